The molecule has 1 heterocycles. The fourth-order valence-electron chi connectivity index (χ4n) is 2.11. The van der Waals surface area contributed by atoms with Crippen molar-refractivity contribution < 1.29 is 24.2 Å². The molecular weight excluding hydrogens is 274 g/mol. The van der Waals surface area contributed by atoms with E-state index in [-0.39, 0.29) is 25.7 Å². The van der Waals surface area contributed by atoms with Gasteiger partial charge in [-0.05, 0) is 24.6 Å². The second-order valence-corrected chi connectivity index (χ2v) is 4.86. The summed E-state index contributed by atoms with van der Waals surface area (Å²) in [7, 11) is 0. The van der Waals surface area contributed by atoms with Gasteiger partial charge in [0.2, 0.25) is 6.79 Å². The van der Waals surface area contributed by atoms with Gasteiger partial charge in [0.05, 0.1) is 6.42 Å². The lowest BCUT2D eigenvalue weighted by Gasteiger charge is -2.22. The maximum absolute atomic E-state index is 12.5. The van der Waals surface area contributed by atoms with Crippen molar-refractivity contribution in [3.63, 3.8) is 0 Å². The summed E-state index contributed by atoms with van der Waals surface area (Å²) in [5.41, 5.74) is 0.487. The van der Waals surface area contributed by atoms with E-state index in [2.05, 4.69) is 0 Å². The Labute approximate surface area is 123 Å². The average molecular weight is 293 g/mol. The first-order chi connectivity index (χ1) is 10.1. The van der Waals surface area contributed by atoms with E-state index in [1.807, 2.05) is 6.92 Å². The van der Waals surface area contributed by atoms with E-state index in [4.69, 9.17) is 14.6 Å². The van der Waals surface area contributed by atoms with Crippen LogP contribution in [0.25, 0.3) is 0 Å². The van der Waals surface area contributed by atoms with Gasteiger partial charge >= 0.3 is 5.97 Å². The van der Waals surface area contributed by atoms with Gasteiger partial charge in [-0.2, -0.15) is 0 Å². The number of fused-ring (bicyclic) bond motifs is 1. The molecule has 1 aromatic carbocycles. The molecule has 1 aromatic rings. The molecule has 0 atom stereocenters. The number of benzene rings is 1. The summed E-state index contributed by atoms with van der Waals surface area (Å²) in [6.07, 6.45) is 1.73. The third-order valence-corrected chi connectivity index (χ3v) is 3.28. The summed E-state index contributed by atoms with van der Waals surface area (Å²) in [5.74, 6) is 0.0877. The molecule has 1 aliphatic rings. The van der Waals surface area contributed by atoms with Crippen LogP contribution < -0.4 is 9.47 Å². The molecule has 0 aliphatic carbocycles. The number of aliphatic carboxylic acids is 1. The normalized spacial score (nSPS) is 12.2. The van der Waals surface area contributed by atoms with Crippen LogP contribution in [0.15, 0.2) is 18.2 Å². The largest absolute Gasteiger partial charge is 0.481 e. The van der Waals surface area contributed by atoms with Crippen molar-refractivity contribution >= 4 is 11.9 Å². The molecule has 0 bridgehead atoms. The van der Waals surface area contributed by atoms with Crippen LogP contribution in [0.2, 0.25) is 0 Å². The first kappa shape index (κ1) is 15.2. The Morgan fingerprint density at radius 3 is 2.71 bits per heavy atom. The van der Waals surface area contributed by atoms with Crippen LogP contribution in [0, 0.1) is 0 Å². The van der Waals surface area contributed by atoms with Crippen LogP contribution in [0.3, 0.4) is 0 Å². The van der Waals surface area contributed by atoms with Gasteiger partial charge in [-0.15, -0.1) is 0 Å². The fourth-order valence-corrected chi connectivity index (χ4v) is 2.11. The summed E-state index contributed by atoms with van der Waals surface area (Å²) >= 11 is 0. The first-order valence-corrected chi connectivity index (χ1v) is 7.02. The number of carbonyl (C=O) groups is 2. The summed E-state index contributed by atoms with van der Waals surface area (Å²) in [6, 6.07) is 5.02. The molecule has 0 saturated carbocycles. The van der Waals surface area contributed by atoms with Crippen LogP contribution in [0.4, 0.5) is 0 Å². The Bertz CT molecular complexity index is 529. The van der Waals surface area contributed by atoms with Crippen molar-refractivity contribution in [2.45, 2.75) is 26.2 Å². The molecule has 6 heteroatoms. The third kappa shape index (κ3) is 3.87. The van der Waals surface area contributed by atoms with Gasteiger partial charge in [0.25, 0.3) is 5.91 Å². The van der Waals surface area contributed by atoms with E-state index >= 15 is 0 Å². The lowest BCUT2D eigenvalue weighted by molar-refractivity contribution is -0.137. The van der Waals surface area contributed by atoms with Crippen molar-refractivity contribution in [1.29, 1.82) is 0 Å². The van der Waals surface area contributed by atoms with E-state index in [1.165, 1.54) is 0 Å². The second-order valence-electron chi connectivity index (χ2n) is 4.86. The van der Waals surface area contributed by atoms with Crippen molar-refractivity contribution in [2.75, 3.05) is 19.9 Å². The topological polar surface area (TPSA) is 76.1 Å². The molecule has 0 saturated heterocycles. The monoisotopic (exact) mass is 293 g/mol. The Balaban J connectivity index is 2.10. The van der Waals surface area contributed by atoms with Gasteiger partial charge in [0, 0.05) is 18.7 Å². The van der Waals surface area contributed by atoms with Crippen LogP contribution in [-0.4, -0.2) is 41.8 Å². The molecule has 6 nitrogen and oxygen atoms in total. The zero-order valence-corrected chi connectivity index (χ0v) is 12.0. The maximum Gasteiger partial charge on any atom is 0.305 e. The average Bonchev–Trinajstić information content (AvgIpc) is 2.93. The first-order valence-electron chi connectivity index (χ1n) is 7.02. The molecule has 1 amide bonds. The molecule has 2 rings (SSSR count). The number of carboxylic acid groups (broad SMARTS) is 1. The number of unbranched alkanes of at least 4 members (excludes halogenated alkanes) is 1. The summed E-state index contributed by atoms with van der Waals surface area (Å²) in [6.45, 7) is 2.95. The zero-order chi connectivity index (χ0) is 15.2. The quantitative estimate of drug-likeness (QED) is 0.833. The third-order valence-electron chi connectivity index (χ3n) is 3.28. The summed E-state index contributed by atoms with van der Waals surface area (Å²) in [4.78, 5) is 24.8. The van der Waals surface area contributed by atoms with Gasteiger partial charge in [0.15, 0.2) is 11.5 Å². The van der Waals surface area contributed by atoms with Gasteiger partial charge in [-0.25, -0.2) is 0 Å². The number of hydrogen-bond donors (Lipinski definition) is 1. The highest BCUT2D eigenvalue weighted by Gasteiger charge is 2.20. The lowest BCUT2D eigenvalue weighted by atomic mass is 10.1. The molecule has 0 radical (unpaired) electrons. The molecule has 21 heavy (non-hydrogen) atoms. The Morgan fingerprint density at radius 2 is 2.00 bits per heavy atom. The lowest BCUT2D eigenvalue weighted by Crippen LogP contribution is -2.33. The minimum atomic E-state index is -0.907. The minimum Gasteiger partial charge on any atom is -0.481 e. The molecule has 0 spiro atoms. The molecule has 1 aliphatic heterocycles. The number of carbonyl (C=O) groups excluding carboxylic acids is 1. The highest BCUT2D eigenvalue weighted by atomic mass is 16.7. The Morgan fingerprint density at radius 1 is 1.24 bits per heavy atom. The highest BCUT2D eigenvalue weighted by molar-refractivity contribution is 5.95. The zero-order valence-electron chi connectivity index (χ0n) is 12.0. The maximum atomic E-state index is 12.5. The van der Waals surface area contributed by atoms with Gasteiger partial charge in [0.1, 0.15) is 0 Å². The van der Waals surface area contributed by atoms with Gasteiger partial charge < -0.3 is 19.5 Å². The number of amides is 1. The predicted octanol–water partition coefficient (Wildman–Crippen LogP) is 2.13. The molecular formula is C15H19NO5. The second kappa shape index (κ2) is 6.97. The Kier molecular flexibility index (Phi) is 5.03. The molecule has 0 aromatic heterocycles. The van der Waals surface area contributed by atoms with E-state index in [9.17, 15) is 9.59 Å². The van der Waals surface area contributed by atoms with E-state index < -0.39 is 5.97 Å². The van der Waals surface area contributed by atoms with Crippen LogP contribution in [0.1, 0.15) is 36.5 Å². The van der Waals surface area contributed by atoms with Crippen molar-refractivity contribution in [1.82, 2.24) is 4.90 Å². The van der Waals surface area contributed by atoms with Crippen molar-refractivity contribution in [3.05, 3.63) is 23.8 Å². The van der Waals surface area contributed by atoms with E-state index in [0.717, 1.165) is 12.8 Å². The predicted molar refractivity (Wildman–Crippen MR) is 75.6 cm³/mol. The van der Waals surface area contributed by atoms with Crippen LogP contribution >= 0.6 is 0 Å². The smallest absolute Gasteiger partial charge is 0.305 e. The van der Waals surface area contributed by atoms with E-state index in [1.54, 1.807) is 23.1 Å². The number of ether oxygens (including phenoxy) is 2. The van der Waals surface area contributed by atoms with Crippen molar-refractivity contribution in [2.24, 2.45) is 0 Å². The number of rotatable bonds is 7. The standard InChI is InChI=1S/C15H19NO5/c1-2-3-7-16(8-6-14(17)18)15(19)11-4-5-12-13(9-11)21-10-20-12/h4-5,9H,2-3,6-8,10H2,1H3,(H,17,18). The number of hydrogen-bond acceptors (Lipinski definition) is 4. The molecule has 114 valence electrons. The molecule has 0 unspecified atom stereocenters. The Hall–Kier alpha value is -2.24. The molecule has 0 fully saturated rings. The van der Waals surface area contributed by atoms with Crippen molar-refractivity contribution in [3.8, 4) is 11.5 Å². The summed E-state index contributed by atoms with van der Waals surface area (Å²) in [5, 5.41) is 8.79. The summed E-state index contributed by atoms with van der Waals surface area (Å²) < 4.78 is 10.5. The van der Waals surface area contributed by atoms with Crippen LogP contribution in [-0.2, 0) is 4.79 Å². The van der Waals surface area contributed by atoms with Gasteiger partial charge in [-0.3, -0.25) is 9.59 Å². The highest BCUT2D eigenvalue weighted by Crippen LogP contribution is 2.32. The molecule has 1 N–H and O–H groups in total. The van der Waals surface area contributed by atoms with Gasteiger partial charge in [-0.1, -0.05) is 13.3 Å². The SMILES string of the molecule is CCCCN(CCC(=O)O)C(=O)c1ccc2c(c1)OCO2. The number of nitrogens with zero attached hydrogens (tertiary/aromatic N) is 1. The van der Waals surface area contributed by atoms with E-state index in [0.29, 0.717) is 23.6 Å². The van der Waals surface area contributed by atoms with Crippen LogP contribution in [0.5, 0.6) is 11.5 Å². The fraction of sp³-hybridized carbons (Fsp3) is 0.467. The number of carboxylic acids is 1. The minimum absolute atomic E-state index is 0.0555.